The van der Waals surface area contributed by atoms with Crippen molar-refractivity contribution < 1.29 is 28.7 Å². The average molecular weight is 540 g/mol. The van der Waals surface area contributed by atoms with Gasteiger partial charge in [0.25, 0.3) is 5.91 Å². The monoisotopic (exact) mass is 539 g/mol. The largest absolute Gasteiger partial charge is 0.477 e. The average Bonchev–Trinajstić information content (AvgIpc) is 3.58. The normalized spacial score (nSPS) is 19.3. The maximum Gasteiger partial charge on any atom is 0.354 e. The van der Waals surface area contributed by atoms with E-state index in [2.05, 4.69) is 20.6 Å². The lowest BCUT2D eigenvalue weighted by Crippen LogP contribution is -2.37. The molecule has 4 heterocycles. The summed E-state index contributed by atoms with van der Waals surface area (Å²) in [4.78, 5) is 60.7. The predicted molar refractivity (Wildman–Crippen MR) is 138 cm³/mol. The molecule has 0 atom stereocenters. The number of nitrogens with one attached hydrogen (secondary N) is 2. The number of amides is 3. The first-order valence-corrected chi connectivity index (χ1v) is 12.9. The van der Waals surface area contributed by atoms with Gasteiger partial charge in [-0.3, -0.25) is 14.4 Å². The number of carboxylic acid groups (broad SMARTS) is 1. The summed E-state index contributed by atoms with van der Waals surface area (Å²) < 4.78 is 5.70. The Labute approximate surface area is 222 Å². The Morgan fingerprint density at radius 3 is 2.34 bits per heavy atom. The second kappa shape index (κ2) is 10.8. The van der Waals surface area contributed by atoms with Crippen LogP contribution in [0.15, 0.2) is 34.9 Å². The van der Waals surface area contributed by atoms with E-state index in [0.717, 1.165) is 25.9 Å². The first-order chi connectivity index (χ1) is 18.3. The molecule has 1 saturated heterocycles. The van der Waals surface area contributed by atoms with Crippen LogP contribution in [0, 0.1) is 11.8 Å². The third kappa shape index (κ3) is 5.33. The molecule has 2 fully saturated rings. The van der Waals surface area contributed by atoms with Gasteiger partial charge in [-0.15, -0.1) is 0 Å². The Morgan fingerprint density at radius 2 is 1.68 bits per heavy atom. The van der Waals surface area contributed by atoms with Crippen LogP contribution in [0.2, 0.25) is 5.02 Å². The zero-order chi connectivity index (χ0) is 26.8. The summed E-state index contributed by atoms with van der Waals surface area (Å²) in [6.45, 7) is 1.60. The number of pyridine rings is 2. The van der Waals surface area contributed by atoms with E-state index in [4.69, 9.17) is 16.0 Å². The fourth-order valence-electron chi connectivity index (χ4n) is 5.02. The molecule has 3 aromatic rings. The first kappa shape index (κ1) is 25.7. The van der Waals surface area contributed by atoms with Crippen LogP contribution >= 0.6 is 11.6 Å². The molecule has 0 spiro atoms. The number of likely N-dealkylation sites (tertiary alicyclic amines) is 1. The van der Waals surface area contributed by atoms with E-state index in [-0.39, 0.29) is 57.7 Å². The van der Waals surface area contributed by atoms with E-state index < -0.39 is 11.9 Å². The van der Waals surface area contributed by atoms with Crippen molar-refractivity contribution in [3.63, 3.8) is 0 Å². The fourth-order valence-corrected chi connectivity index (χ4v) is 5.13. The number of furan rings is 1. The van der Waals surface area contributed by atoms with E-state index in [1.165, 1.54) is 24.4 Å². The van der Waals surface area contributed by atoms with Crippen molar-refractivity contribution >= 4 is 57.9 Å². The van der Waals surface area contributed by atoms with Gasteiger partial charge in [0.2, 0.25) is 17.6 Å². The summed E-state index contributed by atoms with van der Waals surface area (Å²) in [5.74, 6) is -2.63. The molecular formula is C26H26ClN5O6. The Bertz CT molecular complexity index is 1390. The number of carbonyl (C=O) groups excluding carboxylic acids is 3. The number of anilines is 2. The van der Waals surface area contributed by atoms with Crippen LogP contribution < -0.4 is 10.6 Å². The minimum atomic E-state index is -1.26. The number of aromatic carboxylic acids is 1. The predicted octanol–water partition coefficient (Wildman–Crippen LogP) is 4.19. The molecule has 0 radical (unpaired) electrons. The van der Waals surface area contributed by atoms with Gasteiger partial charge in [-0.25, -0.2) is 14.8 Å². The topological polar surface area (TPSA) is 155 Å². The Morgan fingerprint density at radius 1 is 0.974 bits per heavy atom. The summed E-state index contributed by atoms with van der Waals surface area (Å²) in [6.07, 6.45) is 5.69. The highest BCUT2D eigenvalue weighted by Crippen LogP contribution is 2.35. The van der Waals surface area contributed by atoms with Gasteiger partial charge in [-0.1, -0.05) is 11.6 Å². The molecule has 11 nitrogen and oxygen atoms in total. The first-order valence-electron chi connectivity index (χ1n) is 12.5. The molecule has 198 valence electrons. The second-order valence-electron chi connectivity index (χ2n) is 9.54. The molecule has 1 aliphatic carbocycles. The Balaban J connectivity index is 1.36. The zero-order valence-electron chi connectivity index (χ0n) is 20.4. The minimum absolute atomic E-state index is 0.0187. The highest BCUT2D eigenvalue weighted by molar-refractivity contribution is 6.30. The number of aromatic nitrogens is 2. The van der Waals surface area contributed by atoms with E-state index >= 15 is 0 Å². The smallest absolute Gasteiger partial charge is 0.354 e. The zero-order valence-corrected chi connectivity index (χ0v) is 21.2. The molecule has 3 aromatic heterocycles. The van der Waals surface area contributed by atoms with Gasteiger partial charge < -0.3 is 25.1 Å². The molecule has 1 saturated carbocycles. The van der Waals surface area contributed by atoms with Gasteiger partial charge in [0, 0.05) is 31.1 Å². The molecule has 0 unspecified atom stereocenters. The van der Waals surface area contributed by atoms with E-state index in [1.54, 1.807) is 6.07 Å². The number of carboxylic acids is 1. The van der Waals surface area contributed by atoms with Crippen molar-refractivity contribution in [2.24, 2.45) is 11.8 Å². The van der Waals surface area contributed by atoms with E-state index in [1.807, 2.05) is 4.90 Å². The third-order valence-electron chi connectivity index (χ3n) is 7.04. The molecule has 3 amide bonds. The minimum Gasteiger partial charge on any atom is -0.477 e. The number of rotatable bonds is 6. The lowest BCUT2D eigenvalue weighted by molar-refractivity contribution is -0.136. The molecule has 0 aromatic carbocycles. The van der Waals surface area contributed by atoms with E-state index in [0.29, 0.717) is 30.7 Å². The molecule has 0 bridgehead atoms. The Kier molecular flexibility index (Phi) is 7.28. The van der Waals surface area contributed by atoms with Crippen LogP contribution in [0.4, 0.5) is 11.5 Å². The molecule has 1 aliphatic heterocycles. The van der Waals surface area contributed by atoms with Crippen LogP contribution in [0.3, 0.4) is 0 Å². The van der Waals surface area contributed by atoms with Crippen molar-refractivity contribution in [3.05, 3.63) is 46.9 Å². The SMILES string of the molecule is O=C(O)c1ccc2oc(C(=O)Nc3ccc(Cl)cn3)c(NC(=O)C3CCC(C(=O)N4CCCC4)CC3)c2n1. The van der Waals surface area contributed by atoms with Crippen molar-refractivity contribution in [1.29, 1.82) is 0 Å². The number of hydrogen-bond donors (Lipinski definition) is 3. The summed E-state index contributed by atoms with van der Waals surface area (Å²) in [7, 11) is 0. The maximum absolute atomic E-state index is 13.3. The second-order valence-corrected chi connectivity index (χ2v) is 9.98. The molecule has 2 aliphatic rings. The lowest BCUT2D eigenvalue weighted by atomic mass is 9.81. The van der Waals surface area contributed by atoms with Gasteiger partial charge >= 0.3 is 5.97 Å². The number of carbonyl (C=O) groups is 4. The fraction of sp³-hybridized carbons (Fsp3) is 0.385. The quantitative estimate of drug-likeness (QED) is 0.421. The summed E-state index contributed by atoms with van der Waals surface area (Å²) >= 11 is 5.86. The molecule has 3 N–H and O–H groups in total. The van der Waals surface area contributed by atoms with Crippen molar-refractivity contribution in [3.8, 4) is 0 Å². The van der Waals surface area contributed by atoms with Gasteiger partial charge in [-0.2, -0.15) is 0 Å². The van der Waals surface area contributed by atoms with E-state index in [9.17, 15) is 24.3 Å². The third-order valence-corrected chi connectivity index (χ3v) is 7.27. The summed E-state index contributed by atoms with van der Waals surface area (Å²) in [6, 6.07) is 5.69. The number of fused-ring (bicyclic) bond motifs is 1. The van der Waals surface area contributed by atoms with Gasteiger partial charge in [0.1, 0.15) is 22.7 Å². The molecule has 5 rings (SSSR count). The number of halogens is 1. The van der Waals surface area contributed by atoms with Crippen LogP contribution in [0.25, 0.3) is 11.1 Å². The van der Waals surface area contributed by atoms with Crippen molar-refractivity contribution in [2.75, 3.05) is 23.7 Å². The number of hydrogen-bond acceptors (Lipinski definition) is 7. The lowest BCUT2D eigenvalue weighted by Gasteiger charge is -2.29. The summed E-state index contributed by atoms with van der Waals surface area (Å²) in [5, 5.41) is 15.1. The van der Waals surface area contributed by atoms with Gasteiger partial charge in [0.15, 0.2) is 5.58 Å². The Hall–Kier alpha value is -3.99. The summed E-state index contributed by atoms with van der Waals surface area (Å²) in [5.41, 5.74) is -0.0966. The standard InChI is InChI=1S/C26H26ClN5O6/c27-16-7-10-19(28-13-16)30-24(34)22-21(20-18(38-22)9-8-17(29-20)26(36)37)31-23(33)14-3-5-15(6-4-14)25(35)32-11-1-2-12-32/h7-10,13-15H,1-6,11-12H2,(H,31,33)(H,36,37)(H,28,30,34). The van der Waals surface area contributed by atoms with Crippen LogP contribution in [0.1, 0.15) is 59.6 Å². The number of nitrogens with zero attached hydrogens (tertiary/aromatic N) is 3. The van der Waals surface area contributed by atoms with Gasteiger partial charge in [-0.05, 0) is 62.8 Å². The van der Waals surface area contributed by atoms with Crippen LogP contribution in [-0.2, 0) is 9.59 Å². The molecule has 12 heteroatoms. The molecule has 38 heavy (non-hydrogen) atoms. The van der Waals surface area contributed by atoms with Crippen LogP contribution in [-0.4, -0.2) is 56.8 Å². The van der Waals surface area contributed by atoms with Gasteiger partial charge in [0.05, 0.1) is 5.02 Å². The van der Waals surface area contributed by atoms with Crippen molar-refractivity contribution in [2.45, 2.75) is 38.5 Å². The van der Waals surface area contributed by atoms with Crippen LogP contribution in [0.5, 0.6) is 0 Å². The van der Waals surface area contributed by atoms with Crippen molar-refractivity contribution in [1.82, 2.24) is 14.9 Å². The highest BCUT2D eigenvalue weighted by Gasteiger charge is 2.34. The molecular weight excluding hydrogens is 514 g/mol. The highest BCUT2D eigenvalue weighted by atomic mass is 35.5. The maximum atomic E-state index is 13.3.